The Hall–Kier alpha value is -3.11. The highest BCUT2D eigenvalue weighted by Crippen LogP contribution is 2.34. The first kappa shape index (κ1) is 17.3. The van der Waals surface area contributed by atoms with Crippen LogP contribution in [0.1, 0.15) is 24.4 Å². The second kappa shape index (κ2) is 7.64. The fraction of sp³-hybridized carbons (Fsp3) is 0.350. The molecule has 7 heteroatoms. The predicted molar refractivity (Wildman–Crippen MR) is 101 cm³/mol. The van der Waals surface area contributed by atoms with E-state index in [1.54, 1.807) is 10.9 Å². The quantitative estimate of drug-likeness (QED) is 0.765. The maximum absolute atomic E-state index is 9.58. The summed E-state index contributed by atoms with van der Waals surface area (Å²) in [5.41, 5.74) is 8.06. The van der Waals surface area contributed by atoms with E-state index in [4.69, 9.17) is 15.2 Å². The summed E-state index contributed by atoms with van der Waals surface area (Å²) in [5.74, 6) is 0.627. The number of hydrogen-bond acceptors (Lipinski definition) is 6. The van der Waals surface area contributed by atoms with Crippen LogP contribution >= 0.6 is 0 Å². The van der Waals surface area contributed by atoms with Gasteiger partial charge in [-0.1, -0.05) is 30.3 Å². The fourth-order valence-corrected chi connectivity index (χ4v) is 3.48. The summed E-state index contributed by atoms with van der Waals surface area (Å²) < 4.78 is 13.4. The van der Waals surface area contributed by atoms with Gasteiger partial charge in [-0.25, -0.2) is 4.98 Å². The van der Waals surface area contributed by atoms with E-state index in [9.17, 15) is 5.26 Å². The molecule has 3 aromatic rings. The van der Waals surface area contributed by atoms with E-state index in [0.29, 0.717) is 36.9 Å². The van der Waals surface area contributed by atoms with E-state index in [1.807, 2.05) is 36.4 Å². The Morgan fingerprint density at radius 3 is 2.96 bits per heavy atom. The minimum absolute atomic E-state index is 0.170. The number of benzene rings is 1. The third-order valence-electron chi connectivity index (χ3n) is 4.87. The number of nitrogen functional groups attached to an aromatic ring is 1. The Morgan fingerprint density at radius 1 is 1.30 bits per heavy atom. The van der Waals surface area contributed by atoms with Crippen LogP contribution in [-0.4, -0.2) is 28.0 Å². The lowest BCUT2D eigenvalue weighted by molar-refractivity contribution is 0.110. The van der Waals surface area contributed by atoms with Crippen molar-refractivity contribution < 1.29 is 9.47 Å². The Balaban J connectivity index is 1.69. The number of rotatable bonds is 4. The molecule has 2 atom stereocenters. The summed E-state index contributed by atoms with van der Waals surface area (Å²) in [7, 11) is 0. The van der Waals surface area contributed by atoms with Crippen molar-refractivity contribution >= 4 is 16.7 Å². The highest BCUT2D eigenvalue weighted by Gasteiger charge is 2.29. The molecule has 138 valence electrons. The molecular weight excluding hydrogens is 342 g/mol. The second-order valence-electron chi connectivity index (χ2n) is 6.63. The number of nitrogens with zero attached hydrogens (tertiary/aromatic N) is 4. The van der Waals surface area contributed by atoms with Crippen molar-refractivity contribution in [3.8, 4) is 11.9 Å². The first-order valence-electron chi connectivity index (χ1n) is 9.04. The van der Waals surface area contributed by atoms with Crippen molar-refractivity contribution in [3.05, 3.63) is 48.2 Å². The highest BCUT2D eigenvalue weighted by atomic mass is 16.5. The molecule has 0 bridgehead atoms. The van der Waals surface area contributed by atoms with Gasteiger partial charge in [-0.3, -0.25) is 4.68 Å². The highest BCUT2D eigenvalue weighted by molar-refractivity contribution is 5.93. The lowest BCUT2D eigenvalue weighted by Gasteiger charge is -2.20. The van der Waals surface area contributed by atoms with Crippen LogP contribution in [0.4, 0.5) is 5.82 Å². The number of nitriles is 1. The Morgan fingerprint density at radius 2 is 2.15 bits per heavy atom. The van der Waals surface area contributed by atoms with Crippen LogP contribution in [0.15, 0.2) is 42.6 Å². The number of fused-ring (bicyclic) bond motifs is 1. The van der Waals surface area contributed by atoms with Gasteiger partial charge >= 0.3 is 0 Å². The average Bonchev–Trinajstić information content (AvgIpc) is 2.89. The van der Waals surface area contributed by atoms with Crippen LogP contribution < -0.4 is 10.5 Å². The third-order valence-corrected chi connectivity index (χ3v) is 4.87. The lowest BCUT2D eigenvalue weighted by Crippen LogP contribution is -2.22. The van der Waals surface area contributed by atoms with Gasteiger partial charge in [0.1, 0.15) is 12.0 Å². The molecule has 2 unspecified atom stereocenters. The molecule has 3 heterocycles. The topological polar surface area (TPSA) is 99.0 Å². The summed E-state index contributed by atoms with van der Waals surface area (Å²) in [6.45, 7) is 1.50. The van der Waals surface area contributed by atoms with Crippen molar-refractivity contribution in [1.29, 1.82) is 5.26 Å². The standard InChI is InChI=1S/C20H21N5O2/c21-11-15-7-4-10-26-13-17(15)25-16-8-9-23-20(18(16)19(22)24-25)27-12-14-5-2-1-3-6-14/h1-3,5-6,8-9,15,17H,4,7,10,12-13H2,(H2,22,24). The number of pyridine rings is 1. The number of ether oxygens (including phenoxy) is 2. The zero-order chi connectivity index (χ0) is 18.6. The van der Waals surface area contributed by atoms with E-state index >= 15 is 0 Å². The van der Waals surface area contributed by atoms with Crippen molar-refractivity contribution in [2.75, 3.05) is 18.9 Å². The van der Waals surface area contributed by atoms with Gasteiger partial charge in [-0.2, -0.15) is 10.4 Å². The molecule has 1 aromatic carbocycles. The molecule has 0 aliphatic carbocycles. The maximum Gasteiger partial charge on any atom is 0.227 e. The van der Waals surface area contributed by atoms with Crippen LogP contribution in [0.3, 0.4) is 0 Å². The van der Waals surface area contributed by atoms with Crippen LogP contribution in [0.5, 0.6) is 5.88 Å². The Kier molecular flexibility index (Phi) is 4.90. The largest absolute Gasteiger partial charge is 0.472 e. The molecular formula is C20H21N5O2. The van der Waals surface area contributed by atoms with E-state index < -0.39 is 0 Å². The summed E-state index contributed by atoms with van der Waals surface area (Å²) in [4.78, 5) is 4.35. The lowest BCUT2D eigenvalue weighted by atomic mass is 9.97. The SMILES string of the molecule is N#CC1CCCOCC1n1nc(N)c2c(OCc3ccccc3)nccc21. The molecule has 0 spiro atoms. The van der Waals surface area contributed by atoms with Gasteiger partial charge < -0.3 is 15.2 Å². The zero-order valence-electron chi connectivity index (χ0n) is 14.9. The number of nitrogens with two attached hydrogens (primary N) is 1. The van der Waals surface area contributed by atoms with Gasteiger partial charge in [0.2, 0.25) is 5.88 Å². The van der Waals surface area contributed by atoms with Gasteiger partial charge in [0, 0.05) is 12.8 Å². The van der Waals surface area contributed by atoms with Gasteiger partial charge in [-0.15, -0.1) is 0 Å². The van der Waals surface area contributed by atoms with Crippen molar-refractivity contribution in [3.63, 3.8) is 0 Å². The van der Waals surface area contributed by atoms with Crippen molar-refractivity contribution in [2.45, 2.75) is 25.5 Å². The van der Waals surface area contributed by atoms with Crippen LogP contribution in [0.2, 0.25) is 0 Å². The normalized spacial score (nSPS) is 20.1. The monoisotopic (exact) mass is 363 g/mol. The Labute approximate surface area is 157 Å². The fourth-order valence-electron chi connectivity index (χ4n) is 3.48. The third kappa shape index (κ3) is 3.44. The molecule has 1 fully saturated rings. The molecule has 7 nitrogen and oxygen atoms in total. The van der Waals surface area contributed by atoms with Gasteiger partial charge in [0.05, 0.1) is 30.2 Å². The van der Waals surface area contributed by atoms with Gasteiger partial charge in [-0.05, 0) is 24.5 Å². The number of aromatic nitrogens is 3. The van der Waals surface area contributed by atoms with Crippen LogP contribution in [-0.2, 0) is 11.3 Å². The van der Waals surface area contributed by atoms with Crippen molar-refractivity contribution in [1.82, 2.24) is 14.8 Å². The van der Waals surface area contributed by atoms with Crippen LogP contribution in [0, 0.1) is 17.2 Å². The molecule has 0 radical (unpaired) electrons. The first-order valence-corrected chi connectivity index (χ1v) is 9.04. The average molecular weight is 363 g/mol. The molecule has 1 aliphatic rings. The minimum atomic E-state index is -0.179. The van der Waals surface area contributed by atoms with E-state index in [1.165, 1.54) is 0 Å². The number of anilines is 1. The van der Waals surface area contributed by atoms with Gasteiger partial charge in [0.25, 0.3) is 0 Å². The maximum atomic E-state index is 9.58. The molecule has 2 aromatic heterocycles. The zero-order valence-corrected chi connectivity index (χ0v) is 14.9. The molecule has 4 rings (SSSR count). The minimum Gasteiger partial charge on any atom is -0.472 e. The molecule has 0 amide bonds. The molecule has 1 aliphatic heterocycles. The molecule has 0 saturated carbocycles. The first-order chi connectivity index (χ1) is 13.3. The van der Waals surface area contributed by atoms with Crippen LogP contribution in [0.25, 0.3) is 10.9 Å². The molecule has 2 N–H and O–H groups in total. The predicted octanol–water partition coefficient (Wildman–Crippen LogP) is 3.08. The van der Waals surface area contributed by atoms with Crippen molar-refractivity contribution in [2.24, 2.45) is 5.92 Å². The van der Waals surface area contributed by atoms with E-state index in [2.05, 4.69) is 16.2 Å². The second-order valence-corrected chi connectivity index (χ2v) is 6.63. The summed E-state index contributed by atoms with van der Waals surface area (Å²) >= 11 is 0. The van der Waals surface area contributed by atoms with Gasteiger partial charge in [0.15, 0.2) is 5.82 Å². The summed E-state index contributed by atoms with van der Waals surface area (Å²) in [6.07, 6.45) is 3.33. The number of hydrogen-bond donors (Lipinski definition) is 1. The smallest absolute Gasteiger partial charge is 0.227 e. The van der Waals surface area contributed by atoms with E-state index in [-0.39, 0.29) is 12.0 Å². The molecule has 27 heavy (non-hydrogen) atoms. The summed E-state index contributed by atoms with van der Waals surface area (Å²) in [6, 6.07) is 14.0. The summed E-state index contributed by atoms with van der Waals surface area (Å²) in [5, 5.41) is 14.8. The van der Waals surface area contributed by atoms with E-state index in [0.717, 1.165) is 23.9 Å². The Bertz CT molecular complexity index is 964. The molecule has 1 saturated heterocycles.